The monoisotopic (exact) mass is 439 g/mol. The summed E-state index contributed by atoms with van der Waals surface area (Å²) in [5, 5.41) is 2.01. The molecule has 136 valence electrons. The fraction of sp³-hybridized carbons (Fsp3) is 0.238. The van der Waals surface area contributed by atoms with E-state index >= 15 is 0 Å². The number of rotatable bonds is 3. The third kappa shape index (κ3) is 3.01. The molecule has 0 spiro atoms. The Hall–Kier alpha value is -2.05. The molecular weight excluding hydrogens is 422 g/mol. The van der Waals surface area contributed by atoms with E-state index in [0.717, 1.165) is 45.4 Å². The number of nitrogens with zero attached hydrogens (tertiary/aromatic N) is 2. The quantitative estimate of drug-likeness (QED) is 0.423. The van der Waals surface area contributed by atoms with Gasteiger partial charge in [0.05, 0.1) is 22.3 Å². The van der Waals surface area contributed by atoms with E-state index in [1.54, 1.807) is 0 Å². The highest BCUT2D eigenvalue weighted by atomic mass is 79.9. The molecule has 0 saturated carbocycles. The molecule has 2 heterocycles. The molecule has 0 bridgehead atoms. The Morgan fingerprint density at radius 3 is 2.96 bits per heavy atom. The van der Waals surface area contributed by atoms with Crippen LogP contribution in [-0.4, -0.2) is 26.2 Å². The second kappa shape index (κ2) is 6.84. The van der Waals surface area contributed by atoms with Crippen molar-refractivity contribution in [2.24, 2.45) is 0 Å². The number of imidazole rings is 1. The lowest BCUT2D eigenvalue weighted by molar-refractivity contribution is 0.0943. The number of benzene rings is 2. The smallest absolute Gasteiger partial charge is 0.241 e. The van der Waals surface area contributed by atoms with Crippen LogP contribution in [0.15, 0.2) is 52.1 Å². The first-order valence-electron chi connectivity index (χ1n) is 9.13. The van der Waals surface area contributed by atoms with E-state index in [0.29, 0.717) is 5.75 Å². The van der Waals surface area contributed by atoms with Crippen molar-refractivity contribution < 1.29 is 4.79 Å². The molecule has 4 aromatic rings. The molecule has 0 saturated heterocycles. The molecule has 1 aliphatic rings. The number of thioether (sulfide) groups is 1. The molecule has 0 fully saturated rings. The molecule has 0 amide bonds. The number of hydrogen-bond donors (Lipinski definition) is 1. The lowest BCUT2D eigenvalue weighted by atomic mass is 9.96. The van der Waals surface area contributed by atoms with Gasteiger partial charge in [0.15, 0.2) is 5.16 Å². The number of para-hydroxylation sites is 1. The van der Waals surface area contributed by atoms with Crippen molar-refractivity contribution in [1.82, 2.24) is 14.5 Å². The summed E-state index contributed by atoms with van der Waals surface area (Å²) in [5.74, 6) is 0.493. The van der Waals surface area contributed by atoms with Crippen LogP contribution in [0, 0.1) is 0 Å². The Bertz CT molecular complexity index is 1180. The second-order valence-corrected chi connectivity index (χ2v) is 8.75. The van der Waals surface area contributed by atoms with Crippen LogP contribution in [0.2, 0.25) is 0 Å². The van der Waals surface area contributed by atoms with Gasteiger partial charge in [-0.3, -0.25) is 9.36 Å². The van der Waals surface area contributed by atoms with E-state index < -0.39 is 0 Å². The predicted octanol–water partition coefficient (Wildman–Crippen LogP) is 5.59. The number of aryl methyl sites for hydroxylation is 1. The largest absolute Gasteiger partial charge is 0.333 e. The Morgan fingerprint density at radius 1 is 1.19 bits per heavy atom. The molecule has 6 heteroatoms. The van der Waals surface area contributed by atoms with Crippen molar-refractivity contribution in [2.75, 3.05) is 5.75 Å². The Kier molecular flexibility index (Phi) is 4.32. The van der Waals surface area contributed by atoms with Crippen LogP contribution in [0.1, 0.15) is 28.9 Å². The number of carbonyl (C=O) groups excluding carboxylic acids is 1. The average Bonchev–Trinajstić information content (AvgIpc) is 3.24. The van der Waals surface area contributed by atoms with Crippen LogP contribution in [-0.2, 0) is 12.8 Å². The normalized spacial score (nSPS) is 14.0. The lowest BCUT2D eigenvalue weighted by Crippen LogP contribution is -2.18. The zero-order chi connectivity index (χ0) is 18.4. The van der Waals surface area contributed by atoms with E-state index in [1.165, 1.54) is 34.8 Å². The highest BCUT2D eigenvalue weighted by molar-refractivity contribution is 9.10. The predicted molar refractivity (Wildman–Crippen MR) is 114 cm³/mol. The van der Waals surface area contributed by atoms with Crippen molar-refractivity contribution in [1.29, 1.82) is 0 Å². The number of H-pyrrole nitrogens is 1. The number of carbonyl (C=O) groups is 1. The minimum atomic E-state index is 0.126. The maximum atomic E-state index is 13.1. The molecule has 5 rings (SSSR count). The number of fused-ring (bicyclic) bond motifs is 4. The van der Waals surface area contributed by atoms with Gasteiger partial charge in [0, 0.05) is 15.6 Å². The molecule has 0 atom stereocenters. The summed E-state index contributed by atoms with van der Waals surface area (Å²) in [7, 11) is 0. The fourth-order valence-electron chi connectivity index (χ4n) is 4.00. The van der Waals surface area contributed by atoms with Gasteiger partial charge >= 0.3 is 0 Å². The molecule has 2 aromatic heterocycles. The molecule has 1 N–H and O–H groups in total. The van der Waals surface area contributed by atoms with E-state index in [4.69, 9.17) is 0 Å². The van der Waals surface area contributed by atoms with Crippen LogP contribution >= 0.6 is 27.7 Å². The summed E-state index contributed by atoms with van der Waals surface area (Å²) in [4.78, 5) is 21.0. The fourth-order valence-corrected chi connectivity index (χ4v) is 5.10. The summed E-state index contributed by atoms with van der Waals surface area (Å²) in [6.07, 6.45) is 4.42. The Balaban J connectivity index is 1.45. The van der Waals surface area contributed by atoms with Gasteiger partial charge in [-0.25, -0.2) is 4.98 Å². The third-order valence-corrected chi connectivity index (χ3v) is 6.53. The first kappa shape index (κ1) is 17.1. The maximum Gasteiger partial charge on any atom is 0.241 e. The van der Waals surface area contributed by atoms with Crippen LogP contribution in [0.25, 0.3) is 21.9 Å². The van der Waals surface area contributed by atoms with Gasteiger partial charge in [-0.05, 0) is 55.5 Å². The van der Waals surface area contributed by atoms with Gasteiger partial charge < -0.3 is 4.98 Å². The van der Waals surface area contributed by atoms with Gasteiger partial charge in [-0.2, -0.15) is 0 Å². The molecule has 4 nitrogen and oxygen atoms in total. The van der Waals surface area contributed by atoms with Gasteiger partial charge in [0.25, 0.3) is 0 Å². The SMILES string of the molecule is O=C(CSc1nc2ccc(Br)cc2[nH]1)n1c2c(c3ccccc31)CCCC2. The molecule has 1 aliphatic carbocycles. The number of aromatic amines is 1. The topological polar surface area (TPSA) is 50.7 Å². The zero-order valence-corrected chi connectivity index (χ0v) is 17.1. The third-order valence-electron chi connectivity index (χ3n) is 5.18. The number of nitrogens with one attached hydrogen (secondary N) is 1. The van der Waals surface area contributed by atoms with E-state index in [1.807, 2.05) is 28.8 Å². The lowest BCUT2D eigenvalue weighted by Gasteiger charge is -2.14. The number of halogens is 1. The van der Waals surface area contributed by atoms with Crippen molar-refractivity contribution in [3.63, 3.8) is 0 Å². The first-order valence-corrected chi connectivity index (χ1v) is 10.9. The first-order chi connectivity index (χ1) is 13.2. The van der Waals surface area contributed by atoms with Crippen molar-refractivity contribution >= 4 is 55.5 Å². The number of hydrogen-bond acceptors (Lipinski definition) is 3. The molecule has 0 radical (unpaired) electrons. The van der Waals surface area contributed by atoms with Crippen molar-refractivity contribution in [3.8, 4) is 0 Å². The van der Waals surface area contributed by atoms with Crippen LogP contribution < -0.4 is 0 Å². The van der Waals surface area contributed by atoms with Crippen LogP contribution in [0.5, 0.6) is 0 Å². The summed E-state index contributed by atoms with van der Waals surface area (Å²) in [5.41, 5.74) is 5.51. The standard InChI is InChI=1S/C21H18BrN3OS/c22-13-9-10-16-17(11-13)24-21(23-16)27-12-20(26)25-18-7-3-1-5-14(18)15-6-2-4-8-19(15)25/h1,3,5,7,9-11H,2,4,6,8,12H2,(H,23,24). The minimum Gasteiger partial charge on any atom is -0.333 e. The summed E-state index contributed by atoms with van der Waals surface area (Å²) in [6.45, 7) is 0. The maximum absolute atomic E-state index is 13.1. The van der Waals surface area contributed by atoms with Gasteiger partial charge in [-0.15, -0.1) is 0 Å². The Labute approximate surface area is 169 Å². The van der Waals surface area contributed by atoms with Crippen molar-refractivity contribution in [3.05, 3.63) is 58.2 Å². The molecule has 0 unspecified atom stereocenters. The molecule has 0 aliphatic heterocycles. The van der Waals surface area contributed by atoms with E-state index in [-0.39, 0.29) is 5.91 Å². The summed E-state index contributed by atoms with van der Waals surface area (Å²) in [6, 6.07) is 14.2. The average molecular weight is 440 g/mol. The minimum absolute atomic E-state index is 0.126. The highest BCUT2D eigenvalue weighted by Crippen LogP contribution is 2.32. The van der Waals surface area contributed by atoms with Crippen LogP contribution in [0.3, 0.4) is 0 Å². The van der Waals surface area contributed by atoms with E-state index in [2.05, 4.69) is 44.1 Å². The van der Waals surface area contributed by atoms with Gasteiger partial charge in [0.2, 0.25) is 5.91 Å². The van der Waals surface area contributed by atoms with E-state index in [9.17, 15) is 4.79 Å². The van der Waals surface area contributed by atoms with Gasteiger partial charge in [-0.1, -0.05) is 45.9 Å². The zero-order valence-electron chi connectivity index (χ0n) is 14.7. The summed E-state index contributed by atoms with van der Waals surface area (Å²) < 4.78 is 2.97. The number of aromatic nitrogens is 3. The second-order valence-electron chi connectivity index (χ2n) is 6.87. The molecule has 27 heavy (non-hydrogen) atoms. The van der Waals surface area contributed by atoms with Crippen LogP contribution in [0.4, 0.5) is 0 Å². The highest BCUT2D eigenvalue weighted by Gasteiger charge is 2.23. The van der Waals surface area contributed by atoms with Gasteiger partial charge in [0.1, 0.15) is 0 Å². The molecular formula is C21H18BrN3OS. The molecule has 2 aromatic carbocycles. The summed E-state index contributed by atoms with van der Waals surface area (Å²) >= 11 is 4.94. The van der Waals surface area contributed by atoms with Crippen molar-refractivity contribution in [2.45, 2.75) is 30.8 Å². The Morgan fingerprint density at radius 2 is 2.04 bits per heavy atom.